The molecular weight excluding hydrogens is 707 g/mol. The second kappa shape index (κ2) is 11.3. The molecule has 2 N–H and O–H groups in total. The van der Waals surface area contributed by atoms with Crippen LogP contribution < -0.4 is 15.4 Å². The monoisotopic (exact) mass is 732 g/mol. The molecule has 6 nitrogen and oxygen atoms in total. The Balaban J connectivity index is 1.58. The topological polar surface area (TPSA) is 76.7 Å². The number of rotatable bonds is 4. The van der Waals surface area contributed by atoms with Gasteiger partial charge in [-0.2, -0.15) is 13.2 Å². The highest BCUT2D eigenvalue weighted by Crippen LogP contribution is 2.60. The third kappa shape index (κ3) is 5.22. The summed E-state index contributed by atoms with van der Waals surface area (Å²) in [5.41, 5.74) is -0.280. The third-order valence-corrected chi connectivity index (χ3v) is 9.78. The number of benzene rings is 2. The lowest BCUT2D eigenvalue weighted by Crippen LogP contribution is -2.60. The van der Waals surface area contributed by atoms with Crippen molar-refractivity contribution in [3.63, 3.8) is 0 Å². The van der Waals surface area contributed by atoms with Crippen LogP contribution in [0.15, 0.2) is 59.7 Å². The van der Waals surface area contributed by atoms with E-state index in [1.807, 2.05) is 12.1 Å². The van der Waals surface area contributed by atoms with Gasteiger partial charge in [-0.3, -0.25) is 9.59 Å². The molecule has 3 aliphatic heterocycles. The lowest BCUT2D eigenvalue weighted by molar-refractivity contribution is -0.180. The predicted molar refractivity (Wildman–Crippen MR) is 160 cm³/mol. The van der Waals surface area contributed by atoms with Crippen LogP contribution in [0.1, 0.15) is 36.4 Å². The Morgan fingerprint density at radius 3 is 2.57 bits per heavy atom. The summed E-state index contributed by atoms with van der Waals surface area (Å²) in [6.07, 6.45) is -0.251. The quantitative estimate of drug-likeness (QED) is 0.331. The van der Waals surface area contributed by atoms with E-state index in [-0.39, 0.29) is 17.6 Å². The van der Waals surface area contributed by atoms with Crippen molar-refractivity contribution >= 4 is 63.3 Å². The predicted octanol–water partition coefficient (Wildman–Crippen LogP) is 7.06. The fourth-order valence-electron chi connectivity index (χ4n) is 6.84. The molecule has 222 valence electrons. The van der Waals surface area contributed by atoms with Crippen LogP contribution in [0.3, 0.4) is 0 Å². The van der Waals surface area contributed by atoms with E-state index in [1.54, 1.807) is 24.3 Å². The first-order valence-electron chi connectivity index (χ1n) is 13.6. The highest BCUT2D eigenvalue weighted by Gasteiger charge is 2.64. The molecule has 42 heavy (non-hydrogen) atoms. The van der Waals surface area contributed by atoms with Gasteiger partial charge < -0.3 is 20.1 Å². The number of ether oxygens (including phenoxy) is 2. The first kappa shape index (κ1) is 29.8. The highest BCUT2D eigenvalue weighted by molar-refractivity contribution is 14.1. The fourth-order valence-corrected chi connectivity index (χ4v) is 7.75. The van der Waals surface area contributed by atoms with E-state index >= 15 is 0 Å². The molecule has 5 atom stereocenters. The second-order valence-electron chi connectivity index (χ2n) is 11.0. The Morgan fingerprint density at radius 2 is 1.83 bits per heavy atom. The summed E-state index contributed by atoms with van der Waals surface area (Å²) in [6, 6.07) is 9.23. The van der Waals surface area contributed by atoms with Gasteiger partial charge in [0.25, 0.3) is 0 Å². The molecule has 2 amide bonds. The van der Waals surface area contributed by atoms with Crippen molar-refractivity contribution in [3.8, 4) is 5.75 Å². The summed E-state index contributed by atoms with van der Waals surface area (Å²) in [5, 5.41) is 6.34. The minimum absolute atomic E-state index is 0.116. The number of allylic oxidation sites excluding steroid dienone is 4. The van der Waals surface area contributed by atoms with Crippen LogP contribution in [0.2, 0.25) is 5.02 Å². The van der Waals surface area contributed by atoms with Crippen molar-refractivity contribution in [3.05, 3.63) is 79.4 Å². The number of alkyl halides is 3. The minimum Gasteiger partial charge on any atom is -0.490 e. The largest absolute Gasteiger partial charge is 0.490 e. The van der Waals surface area contributed by atoms with Gasteiger partial charge >= 0.3 is 6.18 Å². The number of carbonyl (C=O) groups is 2. The van der Waals surface area contributed by atoms with E-state index in [9.17, 15) is 22.8 Å². The van der Waals surface area contributed by atoms with Gasteiger partial charge in [-0.15, -0.1) is 0 Å². The van der Waals surface area contributed by atoms with Crippen molar-refractivity contribution in [2.75, 3.05) is 18.5 Å². The third-order valence-electron chi connectivity index (χ3n) is 8.62. The Bertz CT molecular complexity index is 1490. The molecule has 0 saturated carbocycles. The highest BCUT2D eigenvalue weighted by atomic mass is 127. The fraction of sp³-hybridized carbons (Fsp3) is 0.400. The maximum Gasteiger partial charge on any atom is 0.395 e. The Hall–Kier alpha value is -2.28. The van der Waals surface area contributed by atoms with Crippen LogP contribution in [0, 0.1) is 21.3 Å². The van der Waals surface area contributed by atoms with E-state index in [2.05, 4.69) is 33.2 Å². The van der Waals surface area contributed by atoms with E-state index in [4.69, 9.17) is 32.7 Å². The molecule has 0 bridgehead atoms. The number of fused-ring (bicyclic) bond motifs is 2. The zero-order valence-corrected chi connectivity index (χ0v) is 25.7. The normalized spacial score (nSPS) is 29.6. The average molecular weight is 733 g/mol. The van der Waals surface area contributed by atoms with E-state index in [0.717, 1.165) is 9.65 Å². The number of hydrogen-bond acceptors (Lipinski definition) is 4. The molecule has 2 saturated heterocycles. The molecule has 4 aliphatic rings. The van der Waals surface area contributed by atoms with Gasteiger partial charge in [0.05, 0.1) is 25.2 Å². The molecule has 6 rings (SSSR count). The molecule has 0 radical (unpaired) electrons. The van der Waals surface area contributed by atoms with Crippen molar-refractivity contribution in [2.45, 2.75) is 43.0 Å². The van der Waals surface area contributed by atoms with Gasteiger partial charge in [0, 0.05) is 44.1 Å². The summed E-state index contributed by atoms with van der Waals surface area (Å²) in [6.45, 7) is 1.07. The Kier molecular flexibility index (Phi) is 8.04. The van der Waals surface area contributed by atoms with Crippen LogP contribution in [-0.4, -0.2) is 37.3 Å². The standard InChI is InChI=1S/C30H26Cl2F3IN2O4/c31-15-1-4-21(30(33,34)35)19(11-15)23-14-26(39)38-27(29(23)22-5-2-16(32)12-24(22)37-28(29)40)20-13-17(36)3-6-25(20)42-18-7-9-41-10-8-18/h1-6,11-13,18-19,21,23,27H,7-10,14H2,(H,37,40)(H,38,39)/t19?,21?,23-,27+,29-/m0/s1. The number of piperidine rings is 1. The van der Waals surface area contributed by atoms with Crippen molar-refractivity contribution in [1.82, 2.24) is 5.32 Å². The van der Waals surface area contributed by atoms with Gasteiger partial charge in [-0.1, -0.05) is 41.4 Å². The molecule has 0 aromatic heterocycles. The van der Waals surface area contributed by atoms with Gasteiger partial charge in [0.1, 0.15) is 17.3 Å². The average Bonchev–Trinajstić information content (AvgIpc) is 3.21. The smallest absolute Gasteiger partial charge is 0.395 e. The van der Waals surface area contributed by atoms with Crippen LogP contribution in [0.4, 0.5) is 18.9 Å². The van der Waals surface area contributed by atoms with E-state index in [0.29, 0.717) is 53.6 Å². The maximum absolute atomic E-state index is 14.5. The molecule has 3 heterocycles. The molecule has 2 unspecified atom stereocenters. The van der Waals surface area contributed by atoms with Crippen molar-refractivity contribution in [2.24, 2.45) is 17.8 Å². The molecular formula is C30H26Cl2F3IN2O4. The molecule has 12 heteroatoms. The van der Waals surface area contributed by atoms with Gasteiger partial charge in [-0.25, -0.2) is 0 Å². The van der Waals surface area contributed by atoms with Crippen LogP contribution in [0.25, 0.3) is 0 Å². The maximum atomic E-state index is 14.5. The summed E-state index contributed by atoms with van der Waals surface area (Å²) < 4.78 is 56.3. The van der Waals surface area contributed by atoms with Crippen molar-refractivity contribution < 1.29 is 32.2 Å². The number of nitrogens with one attached hydrogen (secondary N) is 2. The summed E-state index contributed by atoms with van der Waals surface area (Å²) in [4.78, 5) is 27.8. The minimum atomic E-state index is -4.64. The molecule has 2 aromatic rings. The zero-order chi connectivity index (χ0) is 29.8. The van der Waals surface area contributed by atoms with Crippen LogP contribution in [-0.2, 0) is 19.7 Å². The van der Waals surface area contributed by atoms with Gasteiger partial charge in [0.2, 0.25) is 11.8 Å². The van der Waals surface area contributed by atoms with Crippen LogP contribution in [0.5, 0.6) is 5.75 Å². The van der Waals surface area contributed by atoms with Gasteiger partial charge in [-0.05, 0) is 76.4 Å². The molecule has 2 fully saturated rings. The summed E-state index contributed by atoms with van der Waals surface area (Å²) in [5.74, 6) is -4.91. The number of carbonyl (C=O) groups excluding carboxylic acids is 2. The van der Waals surface area contributed by atoms with Crippen LogP contribution >= 0.6 is 45.8 Å². The molecule has 1 spiro atoms. The second-order valence-corrected chi connectivity index (χ2v) is 13.1. The lowest BCUT2D eigenvalue weighted by atomic mass is 9.55. The first-order chi connectivity index (χ1) is 20.0. The summed E-state index contributed by atoms with van der Waals surface area (Å²) >= 11 is 14.7. The summed E-state index contributed by atoms with van der Waals surface area (Å²) in [7, 11) is 0. The van der Waals surface area contributed by atoms with Gasteiger partial charge in [0.15, 0.2) is 0 Å². The number of hydrogen-bond donors (Lipinski definition) is 2. The lowest BCUT2D eigenvalue weighted by Gasteiger charge is -2.50. The number of halogens is 6. The number of amides is 2. The Morgan fingerprint density at radius 1 is 1.07 bits per heavy atom. The molecule has 1 aliphatic carbocycles. The van der Waals surface area contributed by atoms with E-state index in [1.165, 1.54) is 12.2 Å². The SMILES string of the molecule is O=C1C[C@@H](C2C=C(Cl)C=CC2C(F)(F)F)[C@]2(C(=O)Nc3cc(Cl)ccc32)[C@@H](c2cc(I)ccc2OC2CCOCC2)N1. The van der Waals surface area contributed by atoms with Crippen molar-refractivity contribution in [1.29, 1.82) is 0 Å². The number of anilines is 1. The molecule has 2 aromatic carbocycles. The zero-order valence-electron chi connectivity index (χ0n) is 22.0. The Labute approximate surface area is 264 Å². The first-order valence-corrected chi connectivity index (χ1v) is 15.4. The van der Waals surface area contributed by atoms with E-state index < -0.39 is 47.2 Å².